The lowest BCUT2D eigenvalue weighted by Crippen LogP contribution is -2.38. The minimum Gasteiger partial charge on any atom is -0.488 e. The molecule has 0 spiro atoms. The summed E-state index contributed by atoms with van der Waals surface area (Å²) in [6.45, 7) is 3.18. The summed E-state index contributed by atoms with van der Waals surface area (Å²) in [7, 11) is 0. The quantitative estimate of drug-likeness (QED) is 0.823. The van der Waals surface area contributed by atoms with E-state index in [-0.39, 0.29) is 5.56 Å². The van der Waals surface area contributed by atoms with E-state index in [9.17, 15) is 9.90 Å². The number of morpholine rings is 1. The predicted molar refractivity (Wildman–Crippen MR) is 106 cm³/mol. The molecule has 1 saturated heterocycles. The Kier molecular flexibility index (Phi) is 4.92. The van der Waals surface area contributed by atoms with Gasteiger partial charge < -0.3 is 14.6 Å². The molecule has 0 bridgehead atoms. The molecule has 2 heterocycles. The van der Waals surface area contributed by atoms with Crippen LogP contribution in [-0.2, 0) is 11.3 Å². The molecule has 0 unspecified atom stereocenters. The van der Waals surface area contributed by atoms with Gasteiger partial charge in [0, 0.05) is 18.7 Å². The van der Waals surface area contributed by atoms with E-state index in [1.165, 1.54) is 0 Å². The molecule has 5 nitrogen and oxygen atoms in total. The first-order chi connectivity index (χ1) is 13.1. The van der Waals surface area contributed by atoms with E-state index in [0.717, 1.165) is 28.8 Å². The summed E-state index contributed by atoms with van der Waals surface area (Å²) in [4.78, 5) is 13.7. The average Bonchev–Trinajstić information content (AvgIpc) is 2.83. The first-order valence-electron chi connectivity index (χ1n) is 8.79. The minimum absolute atomic E-state index is 0.246. The summed E-state index contributed by atoms with van der Waals surface area (Å²) in [5, 5.41) is 10.0. The van der Waals surface area contributed by atoms with Crippen LogP contribution in [0.2, 0.25) is 0 Å². The molecule has 4 rings (SSSR count). The van der Waals surface area contributed by atoms with Crippen molar-refractivity contribution in [3.05, 3.63) is 70.8 Å². The average molecular weight is 381 g/mol. The molecule has 2 aromatic carbocycles. The first kappa shape index (κ1) is 17.7. The van der Waals surface area contributed by atoms with Crippen molar-refractivity contribution in [3.8, 4) is 5.75 Å². The molecule has 1 N–H and O–H groups in total. The summed E-state index contributed by atoms with van der Waals surface area (Å²) < 4.78 is 11.3. The lowest BCUT2D eigenvalue weighted by atomic mass is 9.93. The van der Waals surface area contributed by atoms with Crippen molar-refractivity contribution in [2.75, 3.05) is 26.2 Å². The Morgan fingerprint density at radius 1 is 1.19 bits per heavy atom. The Labute approximate surface area is 162 Å². The maximum atomic E-state index is 11.5. The number of hydrogen-bond acceptors (Lipinski definition) is 5. The maximum absolute atomic E-state index is 11.5. The standard InChI is InChI=1S/C21H19NO4S/c23-21(24)14-5-6-19-18(11-14)17(7-8-22-9-10-25-20(27)12-22)16-4-2-1-3-15(16)13-26-19/h1-7,11H,8-10,12-13H2,(H,23,24)/b17-7-. The molecular formula is C21H19NO4S. The van der Waals surface area contributed by atoms with Gasteiger partial charge in [0.2, 0.25) is 0 Å². The fourth-order valence-corrected chi connectivity index (χ4v) is 3.67. The van der Waals surface area contributed by atoms with Crippen LogP contribution in [0.15, 0.2) is 48.5 Å². The number of hydrogen-bond donors (Lipinski definition) is 1. The Bertz CT molecular complexity index is 938. The number of benzene rings is 2. The Balaban J connectivity index is 1.78. The topological polar surface area (TPSA) is 59.0 Å². The monoisotopic (exact) mass is 381 g/mol. The number of thiocarbonyl (C=S) groups is 1. The molecule has 138 valence electrons. The van der Waals surface area contributed by atoms with Crippen molar-refractivity contribution in [2.24, 2.45) is 0 Å². The van der Waals surface area contributed by atoms with Crippen LogP contribution in [0, 0.1) is 0 Å². The number of rotatable bonds is 3. The fraction of sp³-hybridized carbons (Fsp3) is 0.238. The van der Waals surface area contributed by atoms with Crippen molar-refractivity contribution in [3.63, 3.8) is 0 Å². The van der Waals surface area contributed by atoms with Crippen LogP contribution in [0.25, 0.3) is 5.57 Å². The van der Waals surface area contributed by atoms with Crippen LogP contribution in [-0.4, -0.2) is 47.3 Å². The zero-order valence-corrected chi connectivity index (χ0v) is 15.5. The second-order valence-corrected chi connectivity index (χ2v) is 6.99. The minimum atomic E-state index is -0.951. The summed E-state index contributed by atoms with van der Waals surface area (Å²) in [5.41, 5.74) is 4.17. The lowest BCUT2D eigenvalue weighted by molar-refractivity contribution is 0.0697. The van der Waals surface area contributed by atoms with E-state index in [1.54, 1.807) is 18.2 Å². The van der Waals surface area contributed by atoms with E-state index >= 15 is 0 Å². The van der Waals surface area contributed by atoms with E-state index in [4.69, 9.17) is 21.7 Å². The summed E-state index contributed by atoms with van der Waals surface area (Å²) in [6.07, 6.45) is 2.13. The first-order valence-corrected chi connectivity index (χ1v) is 9.19. The van der Waals surface area contributed by atoms with Crippen LogP contribution in [0.3, 0.4) is 0 Å². The number of aromatic carboxylic acids is 1. The molecule has 2 aliphatic rings. The fourth-order valence-electron chi connectivity index (χ4n) is 3.40. The van der Waals surface area contributed by atoms with Gasteiger partial charge in [0.25, 0.3) is 0 Å². The highest BCUT2D eigenvalue weighted by atomic mass is 32.1. The molecule has 0 aromatic heterocycles. The molecule has 0 aliphatic carbocycles. The van der Waals surface area contributed by atoms with Gasteiger partial charge in [-0.1, -0.05) is 30.3 Å². The van der Waals surface area contributed by atoms with Gasteiger partial charge in [0.15, 0.2) is 5.05 Å². The van der Waals surface area contributed by atoms with E-state index in [2.05, 4.69) is 17.0 Å². The molecule has 2 aliphatic heterocycles. The Morgan fingerprint density at radius 2 is 2.04 bits per heavy atom. The molecule has 0 saturated carbocycles. The molecule has 1 fully saturated rings. The smallest absolute Gasteiger partial charge is 0.335 e. The van der Waals surface area contributed by atoms with Gasteiger partial charge >= 0.3 is 5.97 Å². The van der Waals surface area contributed by atoms with Crippen LogP contribution in [0.4, 0.5) is 0 Å². The normalized spacial score (nSPS) is 18.1. The summed E-state index contributed by atoms with van der Waals surface area (Å²) in [5.74, 6) is -0.256. The Hall–Kier alpha value is -2.70. The highest BCUT2D eigenvalue weighted by Gasteiger charge is 2.21. The third-order valence-corrected chi connectivity index (χ3v) is 5.03. The summed E-state index contributed by atoms with van der Waals surface area (Å²) >= 11 is 5.18. The number of fused-ring (bicyclic) bond motifs is 2. The lowest BCUT2D eigenvalue weighted by Gasteiger charge is -2.26. The van der Waals surface area contributed by atoms with Crippen molar-refractivity contribution >= 4 is 28.8 Å². The number of carboxylic acids is 1. The third kappa shape index (κ3) is 3.72. The van der Waals surface area contributed by atoms with Crippen molar-refractivity contribution in [2.45, 2.75) is 6.61 Å². The second-order valence-electron chi connectivity index (χ2n) is 6.54. The van der Waals surface area contributed by atoms with Crippen LogP contribution < -0.4 is 4.74 Å². The number of carbonyl (C=O) groups is 1. The molecule has 27 heavy (non-hydrogen) atoms. The number of nitrogens with zero attached hydrogens (tertiary/aromatic N) is 1. The zero-order valence-electron chi connectivity index (χ0n) is 14.7. The van der Waals surface area contributed by atoms with Gasteiger partial charge in [-0.3, -0.25) is 4.90 Å². The van der Waals surface area contributed by atoms with Gasteiger partial charge in [0.05, 0.1) is 12.1 Å². The van der Waals surface area contributed by atoms with Crippen molar-refractivity contribution in [1.29, 1.82) is 0 Å². The van der Waals surface area contributed by atoms with Gasteiger partial charge in [-0.2, -0.15) is 0 Å². The van der Waals surface area contributed by atoms with E-state index in [1.807, 2.05) is 18.2 Å². The SMILES string of the molecule is O=C(O)c1ccc2c(c1)/C(=C\CN1CCOC(=S)C1)c1ccccc1CO2. The highest BCUT2D eigenvalue weighted by Crippen LogP contribution is 2.37. The second kappa shape index (κ2) is 7.50. The number of carboxylic acid groups (broad SMARTS) is 1. The molecule has 0 atom stereocenters. The molecule has 0 amide bonds. The van der Waals surface area contributed by atoms with Crippen LogP contribution in [0.5, 0.6) is 5.75 Å². The van der Waals surface area contributed by atoms with Crippen molar-refractivity contribution < 1.29 is 19.4 Å². The maximum Gasteiger partial charge on any atom is 0.335 e. The van der Waals surface area contributed by atoms with Crippen LogP contribution >= 0.6 is 12.2 Å². The molecule has 0 radical (unpaired) electrons. The van der Waals surface area contributed by atoms with Crippen LogP contribution in [0.1, 0.15) is 27.0 Å². The van der Waals surface area contributed by atoms with Crippen molar-refractivity contribution in [1.82, 2.24) is 4.90 Å². The van der Waals surface area contributed by atoms with Gasteiger partial charge in [-0.05, 0) is 47.1 Å². The predicted octanol–water partition coefficient (Wildman–Crippen LogP) is 3.37. The number of ether oxygens (including phenoxy) is 2. The van der Waals surface area contributed by atoms with Gasteiger partial charge in [0.1, 0.15) is 19.0 Å². The Morgan fingerprint density at radius 3 is 2.85 bits per heavy atom. The largest absolute Gasteiger partial charge is 0.488 e. The van der Waals surface area contributed by atoms with Gasteiger partial charge in [-0.25, -0.2) is 4.79 Å². The zero-order chi connectivity index (χ0) is 18.8. The molecule has 6 heteroatoms. The van der Waals surface area contributed by atoms with E-state index in [0.29, 0.717) is 37.1 Å². The van der Waals surface area contributed by atoms with Gasteiger partial charge in [-0.15, -0.1) is 0 Å². The molecular weight excluding hydrogens is 362 g/mol. The molecule has 2 aromatic rings. The third-order valence-electron chi connectivity index (χ3n) is 4.78. The summed E-state index contributed by atoms with van der Waals surface area (Å²) in [6, 6.07) is 13.1. The van der Waals surface area contributed by atoms with E-state index < -0.39 is 5.97 Å². The highest BCUT2D eigenvalue weighted by molar-refractivity contribution is 7.80.